The van der Waals surface area contributed by atoms with Crippen molar-refractivity contribution in [2.24, 2.45) is 0 Å². The van der Waals surface area contributed by atoms with Gasteiger partial charge in [0.15, 0.2) is 6.10 Å². The Morgan fingerprint density at radius 2 is 1.62 bits per heavy atom. The van der Waals surface area contributed by atoms with Crippen LogP contribution < -0.4 is 10.1 Å². The number of aromatic amines is 1. The molecule has 1 aromatic heterocycles. The fraction of sp³-hybridized carbons (Fsp3) is 0.345. The summed E-state index contributed by atoms with van der Waals surface area (Å²) in [6.07, 6.45) is -1.66. The maximum atomic E-state index is 9.95. The van der Waals surface area contributed by atoms with Crippen molar-refractivity contribution in [2.75, 3.05) is 26.4 Å². The molecule has 0 bridgehead atoms. The topological polar surface area (TPSA) is 129 Å². The SMILES string of the molecule is OCC(CO)NCc1ccc(-c2ccc(-c3cc4nc(O[C@@H]5CO[C@H]6[C@@H]5OC[C@H]6O)[nH]c4cc3Cl)cc2)cc1. The zero-order valence-electron chi connectivity index (χ0n) is 21.1. The Morgan fingerprint density at radius 3 is 2.33 bits per heavy atom. The summed E-state index contributed by atoms with van der Waals surface area (Å²) in [6, 6.07) is 20.2. The number of halogens is 1. The molecule has 5 N–H and O–H groups in total. The van der Waals surface area contributed by atoms with Crippen molar-refractivity contribution in [2.45, 2.75) is 37.0 Å². The van der Waals surface area contributed by atoms with Crippen LogP contribution in [0.15, 0.2) is 60.7 Å². The average Bonchev–Trinajstić information content (AvgIpc) is 3.65. The van der Waals surface area contributed by atoms with E-state index in [0.29, 0.717) is 24.2 Å². The number of hydrogen-bond donors (Lipinski definition) is 5. The number of benzene rings is 3. The highest BCUT2D eigenvalue weighted by molar-refractivity contribution is 6.34. The lowest BCUT2D eigenvalue weighted by molar-refractivity contribution is 0.00706. The number of fused-ring (bicyclic) bond motifs is 2. The number of hydrogen-bond acceptors (Lipinski definition) is 8. The molecule has 204 valence electrons. The second-order valence-electron chi connectivity index (χ2n) is 9.93. The number of aliphatic hydroxyl groups excluding tert-OH is 3. The molecule has 3 aromatic carbocycles. The first kappa shape index (κ1) is 26.2. The van der Waals surface area contributed by atoms with Gasteiger partial charge >= 0.3 is 0 Å². The molecule has 4 aromatic rings. The molecule has 6 rings (SSSR count). The van der Waals surface area contributed by atoms with Gasteiger partial charge in [-0.3, -0.25) is 0 Å². The van der Waals surface area contributed by atoms with E-state index in [1.165, 1.54) is 0 Å². The highest BCUT2D eigenvalue weighted by atomic mass is 35.5. The Kier molecular flexibility index (Phi) is 7.55. The zero-order valence-corrected chi connectivity index (χ0v) is 21.8. The molecule has 0 radical (unpaired) electrons. The lowest BCUT2D eigenvalue weighted by Gasteiger charge is -2.15. The third-order valence-electron chi connectivity index (χ3n) is 7.31. The van der Waals surface area contributed by atoms with Gasteiger partial charge in [-0.15, -0.1) is 0 Å². The van der Waals surface area contributed by atoms with Crippen molar-refractivity contribution < 1.29 is 29.5 Å². The van der Waals surface area contributed by atoms with Crippen molar-refractivity contribution in [1.82, 2.24) is 15.3 Å². The summed E-state index contributed by atoms with van der Waals surface area (Å²) in [6.45, 7) is 0.927. The number of nitrogens with zero attached hydrogens (tertiary/aromatic N) is 1. The molecular weight excluding hydrogens is 522 g/mol. The Hall–Kier alpha value is -3.02. The average molecular weight is 552 g/mol. The third-order valence-corrected chi connectivity index (χ3v) is 7.63. The van der Waals surface area contributed by atoms with Crippen LogP contribution in [0.25, 0.3) is 33.3 Å². The van der Waals surface area contributed by atoms with Crippen LogP contribution in [-0.2, 0) is 16.0 Å². The number of rotatable bonds is 9. The highest BCUT2D eigenvalue weighted by Crippen LogP contribution is 2.35. The maximum Gasteiger partial charge on any atom is 0.295 e. The fourth-order valence-electron chi connectivity index (χ4n) is 5.08. The maximum absolute atomic E-state index is 9.95. The number of nitrogens with one attached hydrogen (secondary N) is 2. The minimum atomic E-state index is -0.633. The predicted octanol–water partition coefficient (Wildman–Crippen LogP) is 2.90. The summed E-state index contributed by atoms with van der Waals surface area (Å²) in [5.41, 5.74) is 6.55. The van der Waals surface area contributed by atoms with Gasteiger partial charge in [0.05, 0.1) is 48.5 Å². The van der Waals surface area contributed by atoms with Crippen molar-refractivity contribution in [3.05, 3.63) is 71.2 Å². The second-order valence-corrected chi connectivity index (χ2v) is 10.3. The van der Waals surface area contributed by atoms with Crippen molar-refractivity contribution in [3.63, 3.8) is 0 Å². The molecule has 4 atom stereocenters. The molecule has 0 unspecified atom stereocenters. The predicted molar refractivity (Wildman–Crippen MR) is 147 cm³/mol. The third kappa shape index (κ3) is 5.39. The highest BCUT2D eigenvalue weighted by Gasteiger charge is 2.48. The van der Waals surface area contributed by atoms with Gasteiger partial charge in [0.1, 0.15) is 18.3 Å². The molecule has 3 heterocycles. The molecule has 2 fully saturated rings. The van der Waals surface area contributed by atoms with Gasteiger partial charge in [0.2, 0.25) is 0 Å². The van der Waals surface area contributed by atoms with Crippen LogP contribution in [0.3, 0.4) is 0 Å². The summed E-state index contributed by atoms with van der Waals surface area (Å²) in [7, 11) is 0. The molecule has 9 nitrogen and oxygen atoms in total. The van der Waals surface area contributed by atoms with Crippen molar-refractivity contribution in [3.8, 4) is 28.3 Å². The summed E-state index contributed by atoms with van der Waals surface area (Å²) in [5.74, 6) is 0. The van der Waals surface area contributed by atoms with Gasteiger partial charge < -0.3 is 39.8 Å². The van der Waals surface area contributed by atoms with Crippen LogP contribution in [0.1, 0.15) is 5.56 Å². The Labute approximate surface area is 230 Å². The van der Waals surface area contributed by atoms with Crippen LogP contribution in [0.4, 0.5) is 0 Å². The number of ether oxygens (including phenoxy) is 3. The molecule has 39 heavy (non-hydrogen) atoms. The van der Waals surface area contributed by atoms with Crippen molar-refractivity contribution >= 4 is 22.6 Å². The molecule has 2 saturated heterocycles. The minimum Gasteiger partial charge on any atom is -0.456 e. The van der Waals surface area contributed by atoms with E-state index in [2.05, 4.69) is 39.6 Å². The standard InChI is InChI=1S/C29H30ClN3O6/c30-22-10-24-23(32-29(33-24)39-26-15-38-27-25(36)14-37-28(26)27)9-21(22)19-7-5-18(6-8-19)17-3-1-16(2-4-17)11-31-20(12-34)13-35/h1-10,20,25-28,31,34-36H,11-15H2,(H,32,33)/t25-,26-,27-,28-/m1/s1. The molecular formula is C29H30ClN3O6. The molecule has 0 amide bonds. The number of imidazole rings is 1. The Bertz CT molecular complexity index is 1420. The summed E-state index contributed by atoms with van der Waals surface area (Å²) >= 11 is 6.66. The van der Waals surface area contributed by atoms with E-state index in [4.69, 9.17) is 25.8 Å². The van der Waals surface area contributed by atoms with E-state index >= 15 is 0 Å². The van der Waals surface area contributed by atoms with Gasteiger partial charge in [-0.2, -0.15) is 4.98 Å². The van der Waals surface area contributed by atoms with Crippen LogP contribution >= 0.6 is 11.6 Å². The first-order valence-corrected chi connectivity index (χ1v) is 13.3. The molecule has 0 aliphatic carbocycles. The Morgan fingerprint density at radius 1 is 0.949 bits per heavy atom. The lowest BCUT2D eigenvalue weighted by Crippen LogP contribution is -2.35. The molecule has 2 aliphatic heterocycles. The number of aromatic nitrogens is 2. The van der Waals surface area contributed by atoms with Crippen LogP contribution in [-0.4, -0.2) is 82.2 Å². The van der Waals surface area contributed by atoms with Crippen LogP contribution in [0, 0.1) is 0 Å². The molecule has 0 spiro atoms. The number of aliphatic hydroxyl groups is 3. The van der Waals surface area contributed by atoms with Gasteiger partial charge in [0, 0.05) is 12.1 Å². The van der Waals surface area contributed by atoms with Crippen LogP contribution in [0.2, 0.25) is 5.02 Å². The lowest BCUT2D eigenvalue weighted by atomic mass is 9.99. The monoisotopic (exact) mass is 551 g/mol. The molecule has 10 heteroatoms. The smallest absolute Gasteiger partial charge is 0.295 e. The first-order chi connectivity index (χ1) is 19.0. The second kappa shape index (κ2) is 11.2. The summed E-state index contributed by atoms with van der Waals surface area (Å²) in [4.78, 5) is 7.77. The van der Waals surface area contributed by atoms with E-state index < -0.39 is 6.10 Å². The van der Waals surface area contributed by atoms with E-state index in [9.17, 15) is 15.3 Å². The van der Waals surface area contributed by atoms with E-state index in [0.717, 1.165) is 38.9 Å². The fourth-order valence-corrected chi connectivity index (χ4v) is 5.35. The normalized spacial score (nSPS) is 22.6. The largest absolute Gasteiger partial charge is 0.456 e. The van der Waals surface area contributed by atoms with Gasteiger partial charge in [-0.05, 0) is 34.4 Å². The van der Waals surface area contributed by atoms with E-state index in [1.54, 1.807) is 0 Å². The summed E-state index contributed by atoms with van der Waals surface area (Å²) < 4.78 is 17.3. The Balaban J connectivity index is 1.15. The van der Waals surface area contributed by atoms with Gasteiger partial charge in [0.25, 0.3) is 6.01 Å². The van der Waals surface area contributed by atoms with Crippen LogP contribution in [0.5, 0.6) is 6.01 Å². The van der Waals surface area contributed by atoms with Gasteiger partial charge in [-0.1, -0.05) is 60.1 Å². The van der Waals surface area contributed by atoms with Gasteiger partial charge in [-0.25, -0.2) is 0 Å². The molecule has 2 aliphatic rings. The quantitative estimate of drug-likeness (QED) is 0.215. The summed E-state index contributed by atoms with van der Waals surface area (Å²) in [5, 5.41) is 32.1. The first-order valence-electron chi connectivity index (χ1n) is 12.9. The zero-order chi connectivity index (χ0) is 26.9. The van der Waals surface area contributed by atoms with Crippen molar-refractivity contribution in [1.29, 1.82) is 0 Å². The molecule has 0 saturated carbocycles. The minimum absolute atomic E-state index is 0.106. The van der Waals surface area contributed by atoms with E-state index in [-0.39, 0.29) is 44.2 Å². The number of H-pyrrole nitrogens is 1. The van der Waals surface area contributed by atoms with E-state index in [1.807, 2.05) is 36.4 Å².